The van der Waals surface area contributed by atoms with Gasteiger partial charge in [-0.1, -0.05) is 6.07 Å². The zero-order chi connectivity index (χ0) is 13.0. The maximum Gasteiger partial charge on any atom is 0.354 e. The van der Waals surface area contributed by atoms with Gasteiger partial charge in [0.25, 0.3) is 5.91 Å². The number of amides is 1. The third-order valence-corrected chi connectivity index (χ3v) is 2.13. The zero-order valence-corrected chi connectivity index (χ0v) is 9.20. The Balaban J connectivity index is 2.17. The topological polar surface area (TPSA) is 92.2 Å². The lowest BCUT2D eigenvalue weighted by Crippen LogP contribution is -2.14. The lowest BCUT2D eigenvalue weighted by atomic mass is 10.3. The van der Waals surface area contributed by atoms with Crippen molar-refractivity contribution in [3.63, 3.8) is 0 Å². The number of aromatic carboxylic acids is 1. The number of carbonyl (C=O) groups is 2. The maximum atomic E-state index is 11.8. The molecule has 0 radical (unpaired) electrons. The Morgan fingerprint density at radius 3 is 2.50 bits per heavy atom. The highest BCUT2D eigenvalue weighted by Crippen LogP contribution is 2.09. The van der Waals surface area contributed by atoms with Crippen molar-refractivity contribution in [3.05, 3.63) is 54.1 Å². The number of carbonyl (C=O) groups excluding carboxylic acids is 1. The second kappa shape index (κ2) is 5.05. The highest BCUT2D eigenvalue weighted by Gasteiger charge is 2.09. The van der Waals surface area contributed by atoms with Crippen LogP contribution in [-0.2, 0) is 0 Å². The normalized spacial score (nSPS) is 9.78. The van der Waals surface area contributed by atoms with Crippen LogP contribution in [0.1, 0.15) is 21.0 Å². The summed E-state index contributed by atoms with van der Waals surface area (Å²) in [5.41, 5.74) is 0.484. The van der Waals surface area contributed by atoms with Gasteiger partial charge in [-0.2, -0.15) is 0 Å². The molecule has 0 saturated carbocycles. The Labute approximate surface area is 102 Å². The molecule has 0 atom stereocenters. The minimum absolute atomic E-state index is 0.131. The predicted octanol–water partition coefficient (Wildman–Crippen LogP) is 1.43. The van der Waals surface area contributed by atoms with Crippen molar-refractivity contribution < 1.29 is 14.7 Å². The summed E-state index contributed by atoms with van der Waals surface area (Å²) < 4.78 is 0. The number of carboxylic acid groups (broad SMARTS) is 1. The molecule has 6 heteroatoms. The molecular formula is C12H9N3O3. The fraction of sp³-hybridized carbons (Fsp3) is 0. The number of hydrogen-bond donors (Lipinski definition) is 2. The molecule has 0 saturated heterocycles. The Morgan fingerprint density at radius 1 is 1.06 bits per heavy atom. The van der Waals surface area contributed by atoms with Crippen LogP contribution >= 0.6 is 0 Å². The standard InChI is InChI=1S/C12H9N3O3/c16-11(9-3-1-2-5-13-9)15-8-4-6-14-10(7-8)12(17)18/h1-7H,(H,17,18)(H,14,15,16). The maximum absolute atomic E-state index is 11.8. The number of rotatable bonds is 3. The van der Waals surface area contributed by atoms with Gasteiger partial charge in [-0.15, -0.1) is 0 Å². The number of aromatic nitrogens is 2. The summed E-state index contributed by atoms with van der Waals surface area (Å²) in [6, 6.07) is 7.74. The number of pyridine rings is 2. The molecule has 0 aliphatic heterocycles. The lowest BCUT2D eigenvalue weighted by molar-refractivity contribution is 0.0690. The molecule has 2 aromatic heterocycles. The molecule has 90 valence electrons. The number of carboxylic acids is 1. The highest BCUT2D eigenvalue weighted by molar-refractivity contribution is 6.03. The molecular weight excluding hydrogens is 234 g/mol. The minimum Gasteiger partial charge on any atom is -0.477 e. The zero-order valence-electron chi connectivity index (χ0n) is 9.20. The summed E-state index contributed by atoms with van der Waals surface area (Å²) >= 11 is 0. The minimum atomic E-state index is -1.15. The van der Waals surface area contributed by atoms with Crippen molar-refractivity contribution in [3.8, 4) is 0 Å². The fourth-order valence-corrected chi connectivity index (χ4v) is 1.32. The van der Waals surface area contributed by atoms with Gasteiger partial charge in [0.05, 0.1) is 0 Å². The molecule has 6 nitrogen and oxygen atoms in total. The Bertz CT molecular complexity index is 584. The van der Waals surface area contributed by atoms with E-state index in [1.54, 1.807) is 18.2 Å². The second-order valence-electron chi connectivity index (χ2n) is 3.40. The lowest BCUT2D eigenvalue weighted by Gasteiger charge is -2.04. The summed E-state index contributed by atoms with van der Waals surface area (Å²) in [5.74, 6) is -1.55. The summed E-state index contributed by atoms with van der Waals surface area (Å²) in [6.07, 6.45) is 2.82. The van der Waals surface area contributed by atoms with Gasteiger partial charge in [0, 0.05) is 18.1 Å². The van der Waals surface area contributed by atoms with E-state index in [0.717, 1.165) is 0 Å². The van der Waals surface area contributed by atoms with Crippen molar-refractivity contribution >= 4 is 17.6 Å². The molecule has 0 unspecified atom stereocenters. The van der Waals surface area contributed by atoms with Crippen LogP contribution in [-0.4, -0.2) is 27.0 Å². The first-order valence-corrected chi connectivity index (χ1v) is 5.08. The smallest absolute Gasteiger partial charge is 0.354 e. The molecule has 0 aromatic carbocycles. The van der Waals surface area contributed by atoms with E-state index in [0.29, 0.717) is 5.69 Å². The largest absolute Gasteiger partial charge is 0.477 e. The number of anilines is 1. The Kier molecular flexibility index (Phi) is 3.29. The molecule has 0 aliphatic rings. The van der Waals surface area contributed by atoms with Crippen LogP contribution in [0.15, 0.2) is 42.7 Å². The van der Waals surface area contributed by atoms with Crippen LogP contribution < -0.4 is 5.32 Å². The number of nitrogens with one attached hydrogen (secondary N) is 1. The third kappa shape index (κ3) is 2.67. The van der Waals surface area contributed by atoms with Crippen LogP contribution in [0.5, 0.6) is 0 Å². The molecule has 2 heterocycles. The van der Waals surface area contributed by atoms with Crippen molar-refractivity contribution in [2.45, 2.75) is 0 Å². The third-order valence-electron chi connectivity index (χ3n) is 2.13. The molecule has 0 bridgehead atoms. The quantitative estimate of drug-likeness (QED) is 0.850. The average Bonchev–Trinajstić information content (AvgIpc) is 2.40. The van der Waals surface area contributed by atoms with Gasteiger partial charge >= 0.3 is 5.97 Å². The SMILES string of the molecule is O=C(O)c1cc(NC(=O)c2ccccn2)ccn1. The van der Waals surface area contributed by atoms with E-state index in [4.69, 9.17) is 5.11 Å². The number of hydrogen-bond acceptors (Lipinski definition) is 4. The van der Waals surface area contributed by atoms with Gasteiger partial charge in [-0.3, -0.25) is 9.78 Å². The predicted molar refractivity (Wildman–Crippen MR) is 63.4 cm³/mol. The summed E-state index contributed by atoms with van der Waals surface area (Å²) in [6.45, 7) is 0. The van der Waals surface area contributed by atoms with Crippen LogP contribution in [0.2, 0.25) is 0 Å². The summed E-state index contributed by atoms with van der Waals surface area (Å²) in [5, 5.41) is 11.3. The monoisotopic (exact) mass is 243 g/mol. The summed E-state index contributed by atoms with van der Waals surface area (Å²) in [7, 11) is 0. The van der Waals surface area contributed by atoms with E-state index in [1.165, 1.54) is 24.5 Å². The van der Waals surface area contributed by atoms with Gasteiger partial charge in [0.15, 0.2) is 0 Å². The van der Waals surface area contributed by atoms with E-state index in [1.807, 2.05) is 0 Å². The van der Waals surface area contributed by atoms with Crippen LogP contribution in [0.4, 0.5) is 5.69 Å². The van der Waals surface area contributed by atoms with Gasteiger partial charge in [-0.25, -0.2) is 9.78 Å². The molecule has 0 fully saturated rings. The van der Waals surface area contributed by atoms with Crippen molar-refractivity contribution in [2.75, 3.05) is 5.32 Å². The van der Waals surface area contributed by atoms with E-state index >= 15 is 0 Å². The summed E-state index contributed by atoms with van der Waals surface area (Å²) in [4.78, 5) is 30.0. The molecule has 2 N–H and O–H groups in total. The van der Waals surface area contributed by atoms with Crippen molar-refractivity contribution in [1.82, 2.24) is 9.97 Å². The molecule has 2 rings (SSSR count). The van der Waals surface area contributed by atoms with Gasteiger partial charge in [0.1, 0.15) is 11.4 Å². The van der Waals surface area contributed by atoms with E-state index in [2.05, 4.69) is 15.3 Å². The number of nitrogens with zero attached hydrogens (tertiary/aromatic N) is 2. The molecule has 18 heavy (non-hydrogen) atoms. The Hall–Kier alpha value is -2.76. The molecule has 2 aromatic rings. The van der Waals surface area contributed by atoms with E-state index in [-0.39, 0.29) is 11.4 Å². The fourth-order valence-electron chi connectivity index (χ4n) is 1.32. The molecule has 1 amide bonds. The van der Waals surface area contributed by atoms with Crippen molar-refractivity contribution in [2.24, 2.45) is 0 Å². The second-order valence-corrected chi connectivity index (χ2v) is 3.40. The van der Waals surface area contributed by atoms with Gasteiger partial charge < -0.3 is 10.4 Å². The van der Waals surface area contributed by atoms with Crippen LogP contribution in [0.25, 0.3) is 0 Å². The average molecular weight is 243 g/mol. The van der Waals surface area contributed by atoms with Crippen LogP contribution in [0, 0.1) is 0 Å². The van der Waals surface area contributed by atoms with Crippen LogP contribution in [0.3, 0.4) is 0 Å². The first-order valence-electron chi connectivity index (χ1n) is 5.08. The highest BCUT2D eigenvalue weighted by atomic mass is 16.4. The van der Waals surface area contributed by atoms with Crippen molar-refractivity contribution in [1.29, 1.82) is 0 Å². The first kappa shape index (κ1) is 11.7. The Morgan fingerprint density at radius 2 is 1.83 bits per heavy atom. The van der Waals surface area contributed by atoms with Gasteiger partial charge in [-0.05, 0) is 24.3 Å². The molecule has 0 aliphatic carbocycles. The van der Waals surface area contributed by atoms with E-state index in [9.17, 15) is 9.59 Å². The molecule has 0 spiro atoms. The van der Waals surface area contributed by atoms with E-state index < -0.39 is 11.9 Å². The van der Waals surface area contributed by atoms with Gasteiger partial charge in [0.2, 0.25) is 0 Å². The first-order chi connectivity index (χ1) is 8.66.